The molecule has 2 aromatic heterocycles. The summed E-state index contributed by atoms with van der Waals surface area (Å²) in [4.78, 5) is 38.8. The number of rotatable bonds is 6. The molecule has 10 heteroatoms. The van der Waals surface area contributed by atoms with Crippen LogP contribution in [-0.4, -0.2) is 45.1 Å². The third-order valence-electron chi connectivity index (χ3n) is 4.86. The monoisotopic (exact) mass is 407 g/mol. The number of hydrogen-bond donors (Lipinski definition) is 3. The molecule has 0 aliphatic heterocycles. The number of amides is 1. The van der Waals surface area contributed by atoms with Crippen LogP contribution in [0.2, 0.25) is 0 Å². The minimum atomic E-state index is -0.966. The third-order valence-corrected chi connectivity index (χ3v) is 4.86. The lowest BCUT2D eigenvalue weighted by Gasteiger charge is -2.15. The van der Waals surface area contributed by atoms with E-state index in [1.807, 2.05) is 24.3 Å². The second-order valence-corrected chi connectivity index (χ2v) is 6.67. The maximum Gasteiger partial charge on any atom is 0.328 e. The fourth-order valence-electron chi connectivity index (χ4n) is 3.37. The Morgan fingerprint density at radius 1 is 1.20 bits per heavy atom. The molecule has 0 saturated heterocycles. The second kappa shape index (κ2) is 7.66. The minimum Gasteiger partial charge on any atom is -0.467 e. The fraction of sp³-hybridized carbons (Fsp3) is 0.150. The van der Waals surface area contributed by atoms with Crippen LogP contribution in [0.15, 0.2) is 48.7 Å². The quantitative estimate of drug-likeness (QED) is 0.254. The average molecular weight is 407 g/mol. The van der Waals surface area contributed by atoms with E-state index in [4.69, 9.17) is 4.74 Å². The van der Waals surface area contributed by atoms with E-state index in [0.717, 1.165) is 16.5 Å². The van der Waals surface area contributed by atoms with E-state index in [1.165, 1.54) is 25.3 Å². The Kier molecular flexibility index (Phi) is 4.88. The molecular formula is C20H17N5O5. The van der Waals surface area contributed by atoms with Gasteiger partial charge in [0, 0.05) is 41.0 Å². The number of methoxy groups -OCH3 is 1. The number of para-hydroxylation sites is 1. The Bertz CT molecular complexity index is 1280. The number of carbonyl (C=O) groups is 2. The Morgan fingerprint density at radius 3 is 2.77 bits per heavy atom. The Labute approximate surface area is 169 Å². The molecule has 0 saturated carbocycles. The summed E-state index contributed by atoms with van der Waals surface area (Å²) in [7, 11) is 1.24. The molecule has 1 amide bonds. The summed E-state index contributed by atoms with van der Waals surface area (Å²) in [5.74, 6) is -1.25. The van der Waals surface area contributed by atoms with Crippen LogP contribution >= 0.6 is 0 Å². The van der Waals surface area contributed by atoms with Crippen LogP contribution in [0, 0.1) is 10.1 Å². The molecule has 0 aliphatic rings. The molecule has 3 N–H and O–H groups in total. The fourth-order valence-corrected chi connectivity index (χ4v) is 3.37. The number of benzene rings is 2. The first kappa shape index (κ1) is 19.1. The summed E-state index contributed by atoms with van der Waals surface area (Å²) < 4.78 is 4.85. The predicted octanol–water partition coefficient (Wildman–Crippen LogP) is 2.47. The topological polar surface area (TPSA) is 143 Å². The van der Waals surface area contributed by atoms with Crippen LogP contribution in [0.1, 0.15) is 16.1 Å². The molecule has 1 atom stereocenters. The van der Waals surface area contributed by atoms with E-state index in [0.29, 0.717) is 5.52 Å². The summed E-state index contributed by atoms with van der Waals surface area (Å²) >= 11 is 0. The summed E-state index contributed by atoms with van der Waals surface area (Å²) in [6.45, 7) is 0. The van der Waals surface area contributed by atoms with Gasteiger partial charge in [0.1, 0.15) is 6.04 Å². The van der Waals surface area contributed by atoms with E-state index < -0.39 is 22.8 Å². The van der Waals surface area contributed by atoms with Gasteiger partial charge in [0.15, 0.2) is 5.69 Å². The van der Waals surface area contributed by atoms with E-state index in [2.05, 4.69) is 20.5 Å². The molecule has 0 radical (unpaired) electrons. The minimum absolute atomic E-state index is 0.0403. The molecular weight excluding hydrogens is 390 g/mol. The van der Waals surface area contributed by atoms with E-state index in [9.17, 15) is 19.7 Å². The molecule has 2 aromatic carbocycles. The highest BCUT2D eigenvalue weighted by Gasteiger charge is 2.26. The zero-order valence-electron chi connectivity index (χ0n) is 15.8. The molecule has 152 valence electrons. The number of fused-ring (bicyclic) bond motifs is 2. The van der Waals surface area contributed by atoms with Crippen molar-refractivity contribution >= 4 is 39.4 Å². The van der Waals surface area contributed by atoms with Crippen molar-refractivity contribution in [3.8, 4) is 0 Å². The highest BCUT2D eigenvalue weighted by atomic mass is 16.6. The Morgan fingerprint density at radius 2 is 2.00 bits per heavy atom. The number of aromatic amines is 2. The number of hydrogen-bond acceptors (Lipinski definition) is 6. The molecule has 10 nitrogen and oxygen atoms in total. The molecule has 0 bridgehead atoms. The van der Waals surface area contributed by atoms with Gasteiger partial charge in [0.25, 0.3) is 11.6 Å². The number of nitro benzene ring substituents is 1. The lowest BCUT2D eigenvalue weighted by molar-refractivity contribution is -0.384. The molecule has 0 spiro atoms. The van der Waals surface area contributed by atoms with Crippen molar-refractivity contribution in [1.29, 1.82) is 0 Å². The van der Waals surface area contributed by atoms with Crippen LogP contribution in [-0.2, 0) is 16.0 Å². The zero-order valence-corrected chi connectivity index (χ0v) is 15.8. The second-order valence-electron chi connectivity index (χ2n) is 6.67. The Balaban J connectivity index is 1.63. The van der Waals surface area contributed by atoms with Crippen LogP contribution in [0.4, 0.5) is 5.69 Å². The normalized spacial score (nSPS) is 12.0. The first-order chi connectivity index (χ1) is 14.5. The zero-order chi connectivity index (χ0) is 21.3. The van der Waals surface area contributed by atoms with Crippen molar-refractivity contribution < 1.29 is 19.2 Å². The molecule has 2 heterocycles. The van der Waals surface area contributed by atoms with E-state index in [1.54, 1.807) is 6.20 Å². The first-order valence-corrected chi connectivity index (χ1v) is 9.04. The van der Waals surface area contributed by atoms with Gasteiger partial charge in [-0.3, -0.25) is 20.0 Å². The van der Waals surface area contributed by atoms with Gasteiger partial charge in [-0.15, -0.1) is 0 Å². The van der Waals surface area contributed by atoms with Crippen molar-refractivity contribution in [2.45, 2.75) is 12.5 Å². The molecule has 4 aromatic rings. The number of carbonyl (C=O) groups excluding carboxylic acids is 2. The predicted molar refractivity (Wildman–Crippen MR) is 108 cm³/mol. The van der Waals surface area contributed by atoms with Gasteiger partial charge >= 0.3 is 5.97 Å². The third kappa shape index (κ3) is 3.46. The number of nitrogens with one attached hydrogen (secondary N) is 3. The van der Waals surface area contributed by atoms with Crippen LogP contribution < -0.4 is 5.32 Å². The number of non-ortho nitro benzene ring substituents is 1. The van der Waals surface area contributed by atoms with Crippen molar-refractivity contribution in [3.05, 3.63) is 70.0 Å². The lowest BCUT2D eigenvalue weighted by Crippen LogP contribution is -2.43. The van der Waals surface area contributed by atoms with E-state index in [-0.39, 0.29) is 23.2 Å². The van der Waals surface area contributed by atoms with Gasteiger partial charge in [-0.1, -0.05) is 18.2 Å². The van der Waals surface area contributed by atoms with E-state index >= 15 is 0 Å². The summed E-state index contributed by atoms with van der Waals surface area (Å²) in [6, 6.07) is 10.7. The largest absolute Gasteiger partial charge is 0.467 e. The number of aromatic nitrogens is 3. The number of H-pyrrole nitrogens is 2. The van der Waals surface area contributed by atoms with Crippen LogP contribution in [0.25, 0.3) is 21.8 Å². The van der Waals surface area contributed by atoms with Gasteiger partial charge in [-0.2, -0.15) is 5.10 Å². The highest BCUT2D eigenvalue weighted by Crippen LogP contribution is 2.23. The molecule has 30 heavy (non-hydrogen) atoms. The standard InChI is InChI=1S/C20H17N5O5/c1-30-20(27)17(8-11-10-21-15-5-3-2-4-13(11)15)22-19(26)18-14-9-12(25(28)29)6-7-16(14)23-24-18/h2-7,9-10,17,21H,8H2,1H3,(H,22,26)(H,23,24). The SMILES string of the molecule is COC(=O)C(Cc1c[nH]c2ccccc12)NC(=O)c1n[nH]c2ccc([N+](=O)[O-])cc12. The molecule has 0 fully saturated rings. The first-order valence-electron chi connectivity index (χ1n) is 9.04. The number of nitrogens with zero attached hydrogens (tertiary/aromatic N) is 2. The van der Waals surface area contributed by atoms with Crippen LogP contribution in [0.3, 0.4) is 0 Å². The molecule has 0 aliphatic carbocycles. The summed E-state index contributed by atoms with van der Waals surface area (Å²) in [6.07, 6.45) is 1.98. The van der Waals surface area contributed by atoms with Crippen LogP contribution in [0.5, 0.6) is 0 Å². The van der Waals surface area contributed by atoms with Crippen molar-refractivity contribution in [1.82, 2.24) is 20.5 Å². The summed E-state index contributed by atoms with van der Waals surface area (Å²) in [5.41, 5.74) is 2.01. The van der Waals surface area contributed by atoms with Crippen molar-refractivity contribution in [2.75, 3.05) is 7.11 Å². The van der Waals surface area contributed by atoms with Crippen molar-refractivity contribution in [2.24, 2.45) is 0 Å². The lowest BCUT2D eigenvalue weighted by atomic mass is 10.0. The number of nitro groups is 1. The van der Waals surface area contributed by atoms with Gasteiger partial charge in [-0.25, -0.2) is 4.79 Å². The maximum absolute atomic E-state index is 12.8. The number of esters is 1. The maximum atomic E-state index is 12.8. The van der Waals surface area contributed by atoms with Crippen molar-refractivity contribution in [3.63, 3.8) is 0 Å². The van der Waals surface area contributed by atoms with Gasteiger partial charge in [0.05, 0.1) is 17.5 Å². The average Bonchev–Trinajstić information content (AvgIpc) is 3.36. The smallest absolute Gasteiger partial charge is 0.328 e. The summed E-state index contributed by atoms with van der Waals surface area (Å²) in [5, 5.41) is 21.5. The molecule has 4 rings (SSSR count). The Hall–Kier alpha value is -4.21. The van der Waals surface area contributed by atoms with Gasteiger partial charge in [0.2, 0.25) is 0 Å². The molecule has 1 unspecified atom stereocenters. The van der Waals surface area contributed by atoms with Gasteiger partial charge < -0.3 is 15.0 Å². The van der Waals surface area contributed by atoms with Gasteiger partial charge in [-0.05, 0) is 17.7 Å². The highest BCUT2D eigenvalue weighted by molar-refractivity contribution is 6.06. The number of ether oxygens (including phenoxy) is 1.